The van der Waals surface area contributed by atoms with Crippen LogP contribution in [-0.2, 0) is 0 Å². The lowest BCUT2D eigenvalue weighted by Gasteiger charge is -2.45. The molecule has 1 rings (SSSR count). The van der Waals surface area contributed by atoms with Gasteiger partial charge in [-0.15, -0.1) is 0 Å². The summed E-state index contributed by atoms with van der Waals surface area (Å²) in [6, 6.07) is 0. The van der Waals surface area contributed by atoms with Crippen molar-refractivity contribution >= 4 is 0 Å². The van der Waals surface area contributed by atoms with Gasteiger partial charge in [-0.1, -0.05) is 13.8 Å². The van der Waals surface area contributed by atoms with E-state index >= 15 is 0 Å². The van der Waals surface area contributed by atoms with Crippen LogP contribution in [0.5, 0.6) is 0 Å². The van der Waals surface area contributed by atoms with Crippen LogP contribution in [0.1, 0.15) is 20.3 Å². The molecule has 1 heterocycles. The van der Waals surface area contributed by atoms with Crippen molar-refractivity contribution in [2.24, 2.45) is 17.6 Å². The average molecular weight is 186 g/mol. The fourth-order valence-corrected chi connectivity index (χ4v) is 2.27. The predicted molar refractivity (Wildman–Crippen MR) is 54.4 cm³/mol. The molecule has 0 saturated carbocycles. The Morgan fingerprint density at radius 2 is 2.31 bits per heavy atom. The van der Waals surface area contributed by atoms with E-state index in [0.29, 0.717) is 12.5 Å². The summed E-state index contributed by atoms with van der Waals surface area (Å²) >= 11 is 0. The van der Waals surface area contributed by atoms with E-state index in [-0.39, 0.29) is 5.92 Å². The Morgan fingerprint density at radius 3 is 2.77 bits per heavy atom. The van der Waals surface area contributed by atoms with Crippen molar-refractivity contribution in [3.8, 4) is 0 Å². The van der Waals surface area contributed by atoms with Gasteiger partial charge >= 0.3 is 0 Å². The number of nitrogens with two attached hydrogens (primary N) is 1. The van der Waals surface area contributed by atoms with E-state index in [1.165, 1.54) is 0 Å². The van der Waals surface area contributed by atoms with Gasteiger partial charge < -0.3 is 15.7 Å². The van der Waals surface area contributed by atoms with Crippen molar-refractivity contribution in [2.45, 2.75) is 25.9 Å². The van der Waals surface area contributed by atoms with Gasteiger partial charge in [0.25, 0.3) is 0 Å². The number of nitrogens with zero attached hydrogens (tertiary/aromatic N) is 1. The normalized spacial score (nSPS) is 39.0. The molecule has 3 atom stereocenters. The molecule has 13 heavy (non-hydrogen) atoms. The highest BCUT2D eigenvalue weighted by Crippen LogP contribution is 2.33. The first kappa shape index (κ1) is 11.0. The van der Waals surface area contributed by atoms with Crippen molar-refractivity contribution < 1.29 is 5.11 Å². The molecule has 0 aromatic carbocycles. The molecule has 3 nitrogen and oxygen atoms in total. The van der Waals surface area contributed by atoms with Crippen molar-refractivity contribution in [2.75, 3.05) is 26.7 Å². The fourth-order valence-electron chi connectivity index (χ4n) is 2.27. The number of hydrogen-bond acceptors (Lipinski definition) is 3. The van der Waals surface area contributed by atoms with E-state index in [4.69, 9.17) is 5.73 Å². The lowest BCUT2D eigenvalue weighted by atomic mass is 9.74. The van der Waals surface area contributed by atoms with Crippen LogP contribution < -0.4 is 5.73 Å². The Morgan fingerprint density at radius 1 is 1.69 bits per heavy atom. The highest BCUT2D eigenvalue weighted by Gasteiger charge is 2.41. The van der Waals surface area contributed by atoms with Gasteiger partial charge in [-0.3, -0.25) is 0 Å². The van der Waals surface area contributed by atoms with E-state index in [1.54, 1.807) is 0 Å². The SMILES string of the molecule is CC(CN)C1(O)CCN(C)CC1C. The minimum absolute atomic E-state index is 0.205. The number of likely N-dealkylation sites (tertiary alicyclic amines) is 1. The molecular formula is C10H22N2O. The molecule has 1 aliphatic rings. The number of rotatable bonds is 2. The van der Waals surface area contributed by atoms with Gasteiger partial charge in [0.05, 0.1) is 5.60 Å². The molecule has 1 aliphatic heterocycles. The zero-order chi connectivity index (χ0) is 10.1. The molecule has 1 saturated heterocycles. The Bertz CT molecular complexity index is 174. The van der Waals surface area contributed by atoms with Crippen molar-refractivity contribution in [3.05, 3.63) is 0 Å². The summed E-state index contributed by atoms with van der Waals surface area (Å²) in [5.74, 6) is 0.529. The van der Waals surface area contributed by atoms with E-state index in [2.05, 4.69) is 18.9 Å². The highest BCUT2D eigenvalue weighted by molar-refractivity contribution is 4.94. The lowest BCUT2D eigenvalue weighted by Crippen LogP contribution is -2.54. The maximum absolute atomic E-state index is 10.4. The summed E-state index contributed by atoms with van der Waals surface area (Å²) in [6.07, 6.45) is 0.850. The van der Waals surface area contributed by atoms with E-state index < -0.39 is 5.60 Å². The maximum atomic E-state index is 10.4. The zero-order valence-corrected chi connectivity index (χ0v) is 8.95. The Kier molecular flexibility index (Phi) is 3.33. The molecule has 0 bridgehead atoms. The van der Waals surface area contributed by atoms with Crippen LogP contribution in [0.25, 0.3) is 0 Å². The third-order valence-corrected chi connectivity index (χ3v) is 3.54. The van der Waals surface area contributed by atoms with Crippen LogP contribution in [-0.4, -0.2) is 42.3 Å². The van der Waals surface area contributed by atoms with Crippen LogP contribution in [0.15, 0.2) is 0 Å². The molecule has 0 radical (unpaired) electrons. The summed E-state index contributed by atoms with van der Waals surface area (Å²) in [4.78, 5) is 2.27. The van der Waals surface area contributed by atoms with Crippen LogP contribution >= 0.6 is 0 Å². The minimum Gasteiger partial charge on any atom is -0.389 e. The Labute approximate surface area is 80.9 Å². The third kappa shape index (κ3) is 2.03. The first-order valence-electron chi connectivity index (χ1n) is 5.11. The van der Waals surface area contributed by atoms with Gasteiger partial charge in [0.1, 0.15) is 0 Å². The minimum atomic E-state index is -0.540. The van der Waals surface area contributed by atoms with Crippen LogP contribution in [0.3, 0.4) is 0 Å². The molecule has 3 unspecified atom stereocenters. The standard InChI is InChI=1S/C10H22N2O/c1-8(6-11)10(13)4-5-12(3)7-9(10)2/h8-9,13H,4-7,11H2,1-3H3. The van der Waals surface area contributed by atoms with Gasteiger partial charge in [0, 0.05) is 13.1 Å². The van der Waals surface area contributed by atoms with Crippen molar-refractivity contribution in [3.63, 3.8) is 0 Å². The maximum Gasteiger partial charge on any atom is 0.0734 e. The third-order valence-electron chi connectivity index (χ3n) is 3.54. The average Bonchev–Trinajstić information content (AvgIpc) is 2.11. The quantitative estimate of drug-likeness (QED) is 0.651. The van der Waals surface area contributed by atoms with Crippen molar-refractivity contribution in [1.82, 2.24) is 4.90 Å². The first-order chi connectivity index (χ1) is 6.00. The van der Waals surface area contributed by atoms with Gasteiger partial charge in [-0.25, -0.2) is 0 Å². The molecule has 0 aliphatic carbocycles. The van der Waals surface area contributed by atoms with Gasteiger partial charge in [0.15, 0.2) is 0 Å². The van der Waals surface area contributed by atoms with Crippen LogP contribution in [0.2, 0.25) is 0 Å². The number of hydrogen-bond donors (Lipinski definition) is 2. The zero-order valence-electron chi connectivity index (χ0n) is 8.95. The lowest BCUT2D eigenvalue weighted by molar-refractivity contribution is -0.0956. The highest BCUT2D eigenvalue weighted by atomic mass is 16.3. The molecule has 3 N–H and O–H groups in total. The van der Waals surface area contributed by atoms with E-state index in [9.17, 15) is 5.11 Å². The summed E-state index contributed by atoms with van der Waals surface area (Å²) in [5.41, 5.74) is 5.07. The monoisotopic (exact) mass is 186 g/mol. The smallest absolute Gasteiger partial charge is 0.0734 e. The first-order valence-corrected chi connectivity index (χ1v) is 5.11. The number of piperidine rings is 1. The molecule has 1 fully saturated rings. The molecular weight excluding hydrogens is 164 g/mol. The summed E-state index contributed by atoms with van der Waals surface area (Å²) in [7, 11) is 2.10. The molecule has 78 valence electrons. The summed E-state index contributed by atoms with van der Waals surface area (Å²) in [5, 5.41) is 10.4. The summed E-state index contributed by atoms with van der Waals surface area (Å²) < 4.78 is 0. The Hall–Kier alpha value is -0.120. The van der Waals surface area contributed by atoms with Crippen LogP contribution in [0.4, 0.5) is 0 Å². The van der Waals surface area contributed by atoms with E-state index in [1.807, 2.05) is 6.92 Å². The largest absolute Gasteiger partial charge is 0.389 e. The fraction of sp³-hybridized carbons (Fsp3) is 1.00. The second-order valence-electron chi connectivity index (χ2n) is 4.54. The molecule has 0 amide bonds. The predicted octanol–water partition coefficient (Wildman–Crippen LogP) is 0.284. The van der Waals surface area contributed by atoms with Crippen molar-refractivity contribution in [1.29, 1.82) is 0 Å². The molecule has 3 heteroatoms. The Balaban J connectivity index is 2.67. The molecule has 0 aromatic heterocycles. The van der Waals surface area contributed by atoms with E-state index in [0.717, 1.165) is 19.5 Å². The van der Waals surface area contributed by atoms with Gasteiger partial charge in [0.2, 0.25) is 0 Å². The van der Waals surface area contributed by atoms with Gasteiger partial charge in [-0.2, -0.15) is 0 Å². The molecule has 0 spiro atoms. The van der Waals surface area contributed by atoms with Crippen LogP contribution in [0, 0.1) is 11.8 Å². The number of aliphatic hydroxyl groups is 1. The molecule has 0 aromatic rings. The second-order valence-corrected chi connectivity index (χ2v) is 4.54. The summed E-state index contributed by atoms with van der Waals surface area (Å²) in [6.45, 7) is 6.68. The topological polar surface area (TPSA) is 49.5 Å². The second kappa shape index (κ2) is 3.95. The van der Waals surface area contributed by atoms with Gasteiger partial charge in [-0.05, 0) is 31.8 Å².